The van der Waals surface area contributed by atoms with Gasteiger partial charge in [0, 0.05) is 19.1 Å². The van der Waals surface area contributed by atoms with E-state index in [1.54, 1.807) is 7.11 Å². The predicted molar refractivity (Wildman–Crippen MR) is 98.2 cm³/mol. The molecule has 1 rings (SSSR count). The van der Waals surface area contributed by atoms with E-state index in [0.717, 1.165) is 43.5 Å². The first kappa shape index (κ1) is 19.3. The summed E-state index contributed by atoms with van der Waals surface area (Å²) in [6.07, 6.45) is 0. The maximum Gasteiger partial charge on any atom is 0.191 e. The highest BCUT2D eigenvalue weighted by Crippen LogP contribution is 2.13. The van der Waals surface area contributed by atoms with Crippen LogP contribution < -0.4 is 15.4 Å². The Kier molecular flexibility index (Phi) is 9.14. The van der Waals surface area contributed by atoms with Crippen molar-refractivity contribution in [3.63, 3.8) is 0 Å². The second-order valence-electron chi connectivity index (χ2n) is 5.50. The Labute approximate surface area is 141 Å². The standard InChI is InChI=1S/C18H32N4O/c1-6-19-18(20-13-15(4)22(7-2)8-3)21-14-16-10-9-11-17(12-16)23-5/h9-12,15H,6-8,13-14H2,1-5H3,(H2,19,20,21). The first-order valence-corrected chi connectivity index (χ1v) is 8.53. The normalized spacial score (nSPS) is 13.0. The molecule has 2 N–H and O–H groups in total. The molecule has 0 saturated carbocycles. The molecule has 0 fully saturated rings. The maximum atomic E-state index is 5.25. The lowest BCUT2D eigenvalue weighted by Gasteiger charge is -2.27. The fourth-order valence-corrected chi connectivity index (χ4v) is 2.50. The van der Waals surface area contributed by atoms with Crippen molar-refractivity contribution in [3.05, 3.63) is 29.8 Å². The van der Waals surface area contributed by atoms with Gasteiger partial charge in [-0.2, -0.15) is 0 Å². The summed E-state index contributed by atoms with van der Waals surface area (Å²) in [6, 6.07) is 8.50. The van der Waals surface area contributed by atoms with Gasteiger partial charge in [0.25, 0.3) is 0 Å². The highest BCUT2D eigenvalue weighted by molar-refractivity contribution is 5.79. The molecule has 0 amide bonds. The number of hydrogen-bond acceptors (Lipinski definition) is 3. The molecule has 0 aliphatic rings. The van der Waals surface area contributed by atoms with E-state index in [-0.39, 0.29) is 0 Å². The van der Waals surface area contributed by atoms with E-state index in [9.17, 15) is 0 Å². The summed E-state index contributed by atoms with van der Waals surface area (Å²) in [4.78, 5) is 7.09. The van der Waals surface area contributed by atoms with Gasteiger partial charge in [-0.1, -0.05) is 26.0 Å². The monoisotopic (exact) mass is 320 g/mol. The molecular formula is C18H32N4O. The number of ether oxygens (including phenoxy) is 1. The average molecular weight is 320 g/mol. The molecule has 5 nitrogen and oxygen atoms in total. The minimum atomic E-state index is 0.477. The van der Waals surface area contributed by atoms with Gasteiger partial charge in [-0.3, -0.25) is 4.90 Å². The molecule has 0 aliphatic carbocycles. The van der Waals surface area contributed by atoms with Crippen molar-refractivity contribution < 1.29 is 4.74 Å². The molecule has 0 aliphatic heterocycles. The number of guanidine groups is 1. The van der Waals surface area contributed by atoms with Gasteiger partial charge in [-0.05, 0) is 44.6 Å². The summed E-state index contributed by atoms with van der Waals surface area (Å²) in [5.74, 6) is 1.72. The van der Waals surface area contributed by atoms with Crippen LogP contribution in [0, 0.1) is 0 Å². The van der Waals surface area contributed by atoms with Gasteiger partial charge in [-0.15, -0.1) is 0 Å². The smallest absolute Gasteiger partial charge is 0.191 e. The quantitative estimate of drug-likeness (QED) is 0.542. The zero-order valence-electron chi connectivity index (χ0n) is 15.2. The zero-order valence-corrected chi connectivity index (χ0v) is 15.2. The van der Waals surface area contributed by atoms with Crippen LogP contribution >= 0.6 is 0 Å². The van der Waals surface area contributed by atoms with Crippen molar-refractivity contribution >= 4 is 5.96 Å². The van der Waals surface area contributed by atoms with Crippen LogP contribution in [0.3, 0.4) is 0 Å². The first-order chi connectivity index (χ1) is 11.1. The van der Waals surface area contributed by atoms with Crippen LogP contribution in [0.1, 0.15) is 33.3 Å². The van der Waals surface area contributed by atoms with Crippen LogP contribution in [-0.4, -0.2) is 50.2 Å². The van der Waals surface area contributed by atoms with Crippen molar-refractivity contribution in [1.82, 2.24) is 15.5 Å². The minimum absolute atomic E-state index is 0.477. The number of hydrogen-bond donors (Lipinski definition) is 2. The predicted octanol–water partition coefficient (Wildman–Crippen LogP) is 2.48. The van der Waals surface area contributed by atoms with Gasteiger partial charge < -0.3 is 15.4 Å². The molecule has 0 spiro atoms. The Morgan fingerprint density at radius 3 is 2.57 bits per heavy atom. The van der Waals surface area contributed by atoms with E-state index in [2.05, 4.69) is 54.3 Å². The van der Waals surface area contributed by atoms with E-state index < -0.39 is 0 Å². The van der Waals surface area contributed by atoms with Gasteiger partial charge in [0.2, 0.25) is 0 Å². The first-order valence-electron chi connectivity index (χ1n) is 8.53. The summed E-state index contributed by atoms with van der Waals surface area (Å²) in [6.45, 7) is 13.2. The van der Waals surface area contributed by atoms with Crippen molar-refractivity contribution in [2.45, 2.75) is 40.3 Å². The Bertz CT molecular complexity index is 472. The molecule has 0 heterocycles. The maximum absolute atomic E-state index is 5.25. The van der Waals surface area contributed by atoms with Gasteiger partial charge in [-0.25, -0.2) is 4.99 Å². The molecule has 130 valence electrons. The third kappa shape index (κ3) is 6.91. The Balaban J connectivity index is 2.62. The number of methoxy groups -OCH3 is 1. The van der Waals surface area contributed by atoms with Crippen LogP contribution in [0.2, 0.25) is 0 Å². The molecule has 0 aromatic heterocycles. The highest BCUT2D eigenvalue weighted by Gasteiger charge is 2.10. The Hall–Kier alpha value is -1.75. The number of aliphatic imine (C=N–C) groups is 1. The summed E-state index contributed by atoms with van der Waals surface area (Å²) >= 11 is 0. The third-order valence-electron chi connectivity index (χ3n) is 3.90. The summed E-state index contributed by atoms with van der Waals surface area (Å²) in [7, 11) is 1.68. The molecule has 23 heavy (non-hydrogen) atoms. The number of nitrogens with one attached hydrogen (secondary N) is 2. The average Bonchev–Trinajstić information content (AvgIpc) is 2.58. The van der Waals surface area contributed by atoms with Crippen LogP contribution in [0.4, 0.5) is 0 Å². The molecule has 1 unspecified atom stereocenters. The van der Waals surface area contributed by atoms with Crippen molar-refractivity contribution in [2.75, 3.05) is 33.3 Å². The van der Waals surface area contributed by atoms with Gasteiger partial charge in [0.1, 0.15) is 5.75 Å². The largest absolute Gasteiger partial charge is 0.497 e. The fourth-order valence-electron chi connectivity index (χ4n) is 2.50. The SMILES string of the molecule is CCNC(=NCc1cccc(OC)c1)NCC(C)N(CC)CC. The number of benzene rings is 1. The Morgan fingerprint density at radius 2 is 1.96 bits per heavy atom. The second-order valence-corrected chi connectivity index (χ2v) is 5.50. The van der Waals surface area contributed by atoms with Crippen molar-refractivity contribution in [2.24, 2.45) is 4.99 Å². The lowest BCUT2D eigenvalue weighted by atomic mass is 10.2. The van der Waals surface area contributed by atoms with Crippen molar-refractivity contribution in [3.8, 4) is 5.75 Å². The lowest BCUT2D eigenvalue weighted by Crippen LogP contribution is -2.45. The molecule has 1 atom stereocenters. The van der Waals surface area contributed by atoms with Gasteiger partial charge in [0.15, 0.2) is 5.96 Å². The van der Waals surface area contributed by atoms with Crippen LogP contribution in [0.15, 0.2) is 29.3 Å². The van der Waals surface area contributed by atoms with E-state index >= 15 is 0 Å². The third-order valence-corrected chi connectivity index (χ3v) is 3.90. The summed E-state index contributed by atoms with van der Waals surface area (Å²) in [5.41, 5.74) is 1.14. The zero-order chi connectivity index (χ0) is 17.1. The van der Waals surface area contributed by atoms with Gasteiger partial charge in [0.05, 0.1) is 13.7 Å². The molecule has 0 radical (unpaired) electrons. The molecule has 5 heteroatoms. The van der Waals surface area contributed by atoms with Gasteiger partial charge >= 0.3 is 0 Å². The minimum Gasteiger partial charge on any atom is -0.497 e. The fraction of sp³-hybridized carbons (Fsp3) is 0.611. The van der Waals surface area contributed by atoms with Crippen molar-refractivity contribution in [1.29, 1.82) is 0 Å². The molecule has 0 bridgehead atoms. The second kappa shape index (κ2) is 10.9. The Morgan fingerprint density at radius 1 is 1.22 bits per heavy atom. The molecule has 1 aromatic rings. The lowest BCUT2D eigenvalue weighted by molar-refractivity contribution is 0.231. The number of likely N-dealkylation sites (N-methyl/N-ethyl adjacent to an activating group) is 1. The van der Waals surface area contributed by atoms with Crippen LogP contribution in [0.5, 0.6) is 5.75 Å². The molecule has 1 aromatic carbocycles. The summed E-state index contributed by atoms with van der Waals surface area (Å²) in [5, 5.41) is 6.74. The van der Waals surface area contributed by atoms with E-state index in [1.165, 1.54) is 0 Å². The van der Waals surface area contributed by atoms with E-state index in [4.69, 9.17) is 4.74 Å². The van der Waals surface area contributed by atoms with E-state index in [0.29, 0.717) is 12.6 Å². The number of nitrogens with zero attached hydrogens (tertiary/aromatic N) is 2. The molecule has 0 saturated heterocycles. The highest BCUT2D eigenvalue weighted by atomic mass is 16.5. The summed E-state index contributed by atoms with van der Waals surface area (Å²) < 4.78 is 5.25. The van der Waals surface area contributed by atoms with E-state index in [1.807, 2.05) is 18.2 Å². The van der Waals surface area contributed by atoms with Crippen LogP contribution in [0.25, 0.3) is 0 Å². The van der Waals surface area contributed by atoms with Crippen LogP contribution in [-0.2, 0) is 6.54 Å². The topological polar surface area (TPSA) is 48.9 Å². The molecular weight excluding hydrogens is 288 g/mol. The number of rotatable bonds is 9.